The fourth-order valence-electron chi connectivity index (χ4n) is 1.93. The molecule has 0 aromatic heterocycles. The molecule has 22 heavy (non-hydrogen) atoms. The number of carbonyl (C=O) groups excluding carboxylic acids is 4. The van der Waals surface area contributed by atoms with Crippen LogP contribution in [0.15, 0.2) is 0 Å². The quantitative estimate of drug-likeness (QED) is 0.394. The predicted octanol–water partition coefficient (Wildman–Crippen LogP) is 0.597. The van der Waals surface area contributed by atoms with Crippen LogP contribution >= 0.6 is 0 Å². The van der Waals surface area contributed by atoms with E-state index < -0.39 is 29.9 Å². The molecule has 8 heteroatoms. The summed E-state index contributed by atoms with van der Waals surface area (Å²) in [5.41, 5.74) is 5.52. The van der Waals surface area contributed by atoms with Crippen molar-refractivity contribution in [1.29, 1.82) is 0 Å². The van der Waals surface area contributed by atoms with E-state index in [9.17, 15) is 19.2 Å². The average molecular weight is 322 g/mol. The zero-order valence-electron chi connectivity index (χ0n) is 13.0. The van der Waals surface area contributed by atoms with Crippen LogP contribution in [0, 0.1) is 0 Å². The Morgan fingerprint density at radius 2 is 1.18 bits per heavy atom. The predicted molar refractivity (Wildman–Crippen MR) is 77.5 cm³/mol. The summed E-state index contributed by atoms with van der Waals surface area (Å²) < 4.78 is 9.20. The van der Waals surface area contributed by atoms with Gasteiger partial charge in [0.15, 0.2) is 0 Å². The van der Waals surface area contributed by atoms with E-state index in [0.29, 0.717) is 12.8 Å². The summed E-state index contributed by atoms with van der Waals surface area (Å²) in [7, 11) is 0. The maximum Gasteiger partial charge on any atom is 0.330 e. The van der Waals surface area contributed by atoms with Crippen molar-refractivity contribution in [2.45, 2.75) is 63.8 Å². The van der Waals surface area contributed by atoms with Crippen LogP contribution in [-0.2, 0) is 28.7 Å². The number of hydrogen-bond donors (Lipinski definition) is 1. The first kappa shape index (κ1) is 21.2. The van der Waals surface area contributed by atoms with E-state index in [1.807, 2.05) is 0 Å². The van der Waals surface area contributed by atoms with E-state index in [1.54, 1.807) is 0 Å². The topological polar surface area (TPSA) is 113 Å². The third-order valence-electron chi connectivity index (χ3n) is 3.17. The number of carbonyl (C=O) groups is 4. The Labute approximate surface area is 151 Å². The molecule has 1 fully saturated rings. The Morgan fingerprint density at radius 1 is 0.727 bits per heavy atom. The van der Waals surface area contributed by atoms with E-state index in [-0.39, 0.29) is 55.2 Å². The summed E-state index contributed by atoms with van der Waals surface area (Å²) in [6.45, 7) is 0. The van der Waals surface area contributed by atoms with Crippen molar-refractivity contribution in [3.05, 3.63) is 0 Å². The largest absolute Gasteiger partial charge is 0.393 e. The van der Waals surface area contributed by atoms with Crippen molar-refractivity contribution in [3.63, 3.8) is 0 Å². The van der Waals surface area contributed by atoms with Gasteiger partial charge in [0.25, 0.3) is 0 Å². The van der Waals surface area contributed by atoms with Gasteiger partial charge in [0, 0.05) is 48.8 Å². The maximum atomic E-state index is 11.5. The smallest absolute Gasteiger partial charge is 0.330 e. The van der Waals surface area contributed by atoms with Crippen LogP contribution in [0.1, 0.15) is 57.8 Å². The molecule has 1 atom stereocenters. The van der Waals surface area contributed by atoms with Gasteiger partial charge >= 0.3 is 23.9 Å². The standard InChI is InChI=1S/C14H21NO6.Na/c15-10-8-9-13(18)20-11(16)6-4-2-1-3-5-7-12(17)21-14(10)19;/h10H,1-9,15H2;/t10-;/m0./s1. The SMILES string of the molecule is N[C@H]1CCC(=O)OC(=O)CCCCCCCC(=O)OC1=O.[Na]. The molecular weight excluding hydrogens is 301 g/mol. The third-order valence-corrected chi connectivity index (χ3v) is 3.17. The summed E-state index contributed by atoms with van der Waals surface area (Å²) in [5.74, 6) is -2.73. The molecule has 1 aliphatic heterocycles. The average Bonchev–Trinajstić information content (AvgIpc) is 2.42. The third kappa shape index (κ3) is 9.30. The molecule has 0 spiro atoms. The van der Waals surface area contributed by atoms with Crippen LogP contribution in [0.4, 0.5) is 0 Å². The molecule has 1 saturated heterocycles. The van der Waals surface area contributed by atoms with Crippen molar-refractivity contribution < 1.29 is 28.7 Å². The zero-order valence-corrected chi connectivity index (χ0v) is 15.0. The van der Waals surface area contributed by atoms with Gasteiger partial charge in [-0.15, -0.1) is 0 Å². The number of hydrogen-bond acceptors (Lipinski definition) is 7. The molecule has 1 radical (unpaired) electrons. The second-order valence-electron chi connectivity index (χ2n) is 5.05. The summed E-state index contributed by atoms with van der Waals surface area (Å²) in [4.78, 5) is 45.7. The molecular formula is C14H21NNaO6. The van der Waals surface area contributed by atoms with Gasteiger partial charge in [0.1, 0.15) is 6.04 Å². The van der Waals surface area contributed by atoms with Gasteiger partial charge in [-0.05, 0) is 19.3 Å². The van der Waals surface area contributed by atoms with Gasteiger partial charge in [-0.2, -0.15) is 0 Å². The number of ether oxygens (including phenoxy) is 2. The molecule has 2 N–H and O–H groups in total. The molecule has 119 valence electrons. The fraction of sp³-hybridized carbons (Fsp3) is 0.714. The van der Waals surface area contributed by atoms with E-state index in [1.165, 1.54) is 0 Å². The van der Waals surface area contributed by atoms with Gasteiger partial charge in [-0.3, -0.25) is 14.4 Å². The fourth-order valence-corrected chi connectivity index (χ4v) is 1.93. The normalized spacial score (nSPS) is 23.2. The van der Waals surface area contributed by atoms with Crippen molar-refractivity contribution in [2.75, 3.05) is 0 Å². The van der Waals surface area contributed by atoms with Gasteiger partial charge in [-0.1, -0.05) is 19.3 Å². The van der Waals surface area contributed by atoms with E-state index in [4.69, 9.17) is 5.73 Å². The molecule has 0 aliphatic carbocycles. The number of rotatable bonds is 0. The molecule has 1 aliphatic rings. The Bertz CT molecular complexity index is 412. The Hall–Kier alpha value is -0.760. The van der Waals surface area contributed by atoms with Crippen LogP contribution < -0.4 is 5.73 Å². The Morgan fingerprint density at radius 3 is 1.77 bits per heavy atom. The Balaban J connectivity index is 0.00000441. The maximum absolute atomic E-state index is 11.5. The van der Waals surface area contributed by atoms with Gasteiger partial charge in [0.2, 0.25) is 0 Å². The Kier molecular flexibility index (Phi) is 11.4. The van der Waals surface area contributed by atoms with E-state index in [0.717, 1.165) is 19.3 Å². The van der Waals surface area contributed by atoms with E-state index in [2.05, 4.69) is 9.47 Å². The number of esters is 4. The van der Waals surface area contributed by atoms with Crippen LogP contribution in [-0.4, -0.2) is 59.5 Å². The number of nitrogens with two attached hydrogens (primary N) is 1. The monoisotopic (exact) mass is 322 g/mol. The molecule has 1 rings (SSSR count). The van der Waals surface area contributed by atoms with Crippen LogP contribution in [0.3, 0.4) is 0 Å². The molecule has 1 heterocycles. The summed E-state index contributed by atoms with van der Waals surface area (Å²) >= 11 is 0. The molecule has 0 aromatic rings. The van der Waals surface area contributed by atoms with Crippen molar-refractivity contribution in [2.24, 2.45) is 5.73 Å². The first-order valence-corrected chi connectivity index (χ1v) is 7.22. The van der Waals surface area contributed by atoms with Gasteiger partial charge in [-0.25, -0.2) is 4.79 Å². The molecule has 0 unspecified atom stereocenters. The second-order valence-corrected chi connectivity index (χ2v) is 5.05. The zero-order chi connectivity index (χ0) is 15.7. The van der Waals surface area contributed by atoms with Crippen molar-refractivity contribution in [1.82, 2.24) is 0 Å². The van der Waals surface area contributed by atoms with Crippen molar-refractivity contribution in [3.8, 4) is 0 Å². The minimum Gasteiger partial charge on any atom is -0.393 e. The van der Waals surface area contributed by atoms with Crippen LogP contribution in [0.5, 0.6) is 0 Å². The molecule has 7 nitrogen and oxygen atoms in total. The summed E-state index contributed by atoms with van der Waals surface area (Å²) in [6.07, 6.45) is 3.93. The second kappa shape index (κ2) is 11.8. The van der Waals surface area contributed by atoms with Crippen molar-refractivity contribution >= 4 is 53.4 Å². The van der Waals surface area contributed by atoms with E-state index >= 15 is 0 Å². The molecule has 0 saturated carbocycles. The first-order chi connectivity index (χ1) is 9.99. The summed E-state index contributed by atoms with van der Waals surface area (Å²) in [5, 5.41) is 0. The van der Waals surface area contributed by atoms with Crippen LogP contribution in [0.25, 0.3) is 0 Å². The minimum atomic E-state index is -1.08. The van der Waals surface area contributed by atoms with Gasteiger partial charge < -0.3 is 15.2 Å². The molecule has 0 aromatic carbocycles. The summed E-state index contributed by atoms with van der Waals surface area (Å²) in [6, 6.07) is -1.08. The van der Waals surface area contributed by atoms with Crippen LogP contribution in [0.2, 0.25) is 0 Å². The molecule has 0 amide bonds. The van der Waals surface area contributed by atoms with Gasteiger partial charge in [0.05, 0.1) is 0 Å². The minimum absolute atomic E-state index is 0. The molecule has 0 bridgehead atoms. The number of cyclic esters (lactones) is 4. The first-order valence-electron chi connectivity index (χ1n) is 7.22.